The van der Waals surface area contributed by atoms with Gasteiger partial charge in [-0.1, -0.05) is 58.3 Å². The number of rotatable bonds is 4. The summed E-state index contributed by atoms with van der Waals surface area (Å²) in [5.74, 6) is -0.00294. The Morgan fingerprint density at radius 3 is 2.69 bits per heavy atom. The van der Waals surface area contributed by atoms with Crippen LogP contribution in [0.25, 0.3) is 10.7 Å². The van der Waals surface area contributed by atoms with Crippen LogP contribution in [0.2, 0.25) is 0 Å². The van der Waals surface area contributed by atoms with Crippen LogP contribution < -0.4 is 5.32 Å². The van der Waals surface area contributed by atoms with Crippen molar-refractivity contribution >= 4 is 38.3 Å². The fraction of sp³-hybridized carbons (Fsp3) is 0.263. The molecule has 0 bridgehead atoms. The molecule has 26 heavy (non-hydrogen) atoms. The van der Waals surface area contributed by atoms with Gasteiger partial charge in [-0.25, -0.2) is 0 Å². The highest BCUT2D eigenvalue weighted by Gasteiger charge is 2.43. The van der Waals surface area contributed by atoms with Gasteiger partial charge in [-0.05, 0) is 42.7 Å². The summed E-state index contributed by atoms with van der Waals surface area (Å²) in [5, 5.41) is 12.5. The van der Waals surface area contributed by atoms with Gasteiger partial charge >= 0.3 is 0 Å². The summed E-state index contributed by atoms with van der Waals surface area (Å²) in [4.78, 5) is 17.5. The first-order valence-electron chi connectivity index (χ1n) is 8.50. The molecule has 2 aromatic heterocycles. The molecular formula is C19H17BrN4OS. The Hall–Kier alpha value is -2.12. The average Bonchev–Trinajstić information content (AvgIpc) is 3.33. The molecule has 0 unspecified atom stereocenters. The molecule has 0 saturated heterocycles. The molecule has 1 N–H and O–H groups in total. The Labute approximate surface area is 164 Å². The number of amides is 1. The first-order valence-corrected chi connectivity index (χ1v) is 10.1. The van der Waals surface area contributed by atoms with E-state index in [4.69, 9.17) is 0 Å². The maximum atomic E-state index is 13.2. The third-order valence-electron chi connectivity index (χ3n) is 4.80. The van der Waals surface area contributed by atoms with E-state index in [2.05, 4.69) is 36.4 Å². The fourth-order valence-electron chi connectivity index (χ4n) is 3.49. The van der Waals surface area contributed by atoms with Gasteiger partial charge in [0, 0.05) is 10.7 Å². The van der Waals surface area contributed by atoms with Gasteiger partial charge in [-0.15, -0.1) is 10.2 Å². The second-order valence-electron chi connectivity index (χ2n) is 6.38. The van der Waals surface area contributed by atoms with Crippen molar-refractivity contribution in [3.05, 3.63) is 58.7 Å². The summed E-state index contributed by atoms with van der Waals surface area (Å²) in [6.07, 6.45) is 5.52. The van der Waals surface area contributed by atoms with E-state index in [1.807, 2.05) is 42.5 Å². The standard InChI is InChI=1S/C19H17BrN4OS/c20-14-7-5-6-13(12-14)19(9-2-3-10-19)17(25)22-18-24-23-16(26-18)15-8-1-4-11-21-15/h1,4-8,11-12H,2-3,9-10H2,(H,22,24,25). The number of halogens is 1. The molecule has 1 aliphatic carbocycles. The van der Waals surface area contributed by atoms with Crippen molar-refractivity contribution in [3.63, 3.8) is 0 Å². The number of aromatic nitrogens is 3. The normalized spacial score (nSPS) is 15.7. The lowest BCUT2D eigenvalue weighted by Crippen LogP contribution is -2.38. The topological polar surface area (TPSA) is 67.8 Å². The van der Waals surface area contributed by atoms with E-state index in [1.165, 1.54) is 11.3 Å². The largest absolute Gasteiger partial charge is 0.300 e. The minimum absolute atomic E-state index is 0.00294. The Kier molecular flexibility index (Phi) is 4.82. The fourth-order valence-corrected chi connectivity index (χ4v) is 4.61. The van der Waals surface area contributed by atoms with Gasteiger partial charge in [0.1, 0.15) is 5.69 Å². The van der Waals surface area contributed by atoms with Crippen molar-refractivity contribution in [1.82, 2.24) is 15.2 Å². The number of benzene rings is 1. The molecule has 132 valence electrons. The minimum Gasteiger partial charge on any atom is -0.300 e. The Balaban J connectivity index is 1.59. The number of pyridine rings is 1. The molecule has 5 nitrogen and oxygen atoms in total. The predicted molar refractivity (Wildman–Crippen MR) is 106 cm³/mol. The second-order valence-corrected chi connectivity index (χ2v) is 8.27. The maximum absolute atomic E-state index is 13.2. The van der Waals surface area contributed by atoms with Crippen molar-refractivity contribution in [2.24, 2.45) is 0 Å². The second kappa shape index (κ2) is 7.25. The molecule has 1 amide bonds. The number of hydrogen-bond acceptors (Lipinski definition) is 5. The molecule has 0 radical (unpaired) electrons. The zero-order valence-corrected chi connectivity index (χ0v) is 16.4. The SMILES string of the molecule is O=C(Nc1nnc(-c2ccccn2)s1)C1(c2cccc(Br)c2)CCCC1. The van der Waals surface area contributed by atoms with Gasteiger partial charge in [0.05, 0.1) is 5.41 Å². The van der Waals surface area contributed by atoms with Gasteiger partial charge in [-0.3, -0.25) is 15.1 Å². The lowest BCUT2D eigenvalue weighted by atomic mass is 9.78. The summed E-state index contributed by atoms with van der Waals surface area (Å²) < 4.78 is 0.988. The summed E-state index contributed by atoms with van der Waals surface area (Å²) in [6, 6.07) is 13.7. The van der Waals surface area contributed by atoms with Crippen LogP contribution in [-0.2, 0) is 10.2 Å². The van der Waals surface area contributed by atoms with E-state index in [0.717, 1.165) is 41.4 Å². The molecule has 0 atom stereocenters. The van der Waals surface area contributed by atoms with E-state index in [9.17, 15) is 4.79 Å². The number of nitrogens with zero attached hydrogens (tertiary/aromatic N) is 3. The molecule has 1 fully saturated rings. The number of nitrogens with one attached hydrogen (secondary N) is 1. The van der Waals surface area contributed by atoms with Crippen LogP contribution in [0.3, 0.4) is 0 Å². The smallest absolute Gasteiger partial charge is 0.236 e. The molecule has 1 aromatic carbocycles. The summed E-state index contributed by atoms with van der Waals surface area (Å²) in [7, 11) is 0. The van der Waals surface area contributed by atoms with Crippen molar-refractivity contribution < 1.29 is 4.79 Å². The van der Waals surface area contributed by atoms with Crippen LogP contribution in [0.5, 0.6) is 0 Å². The lowest BCUT2D eigenvalue weighted by molar-refractivity contribution is -0.121. The van der Waals surface area contributed by atoms with Crippen molar-refractivity contribution in [3.8, 4) is 10.7 Å². The zero-order chi connectivity index (χ0) is 18.0. The van der Waals surface area contributed by atoms with Gasteiger partial charge in [-0.2, -0.15) is 0 Å². The highest BCUT2D eigenvalue weighted by molar-refractivity contribution is 9.10. The molecule has 1 aliphatic rings. The van der Waals surface area contributed by atoms with Crippen molar-refractivity contribution in [2.45, 2.75) is 31.1 Å². The molecule has 0 spiro atoms. The van der Waals surface area contributed by atoms with Gasteiger partial charge in [0.15, 0.2) is 5.01 Å². The number of carbonyl (C=O) groups is 1. The number of hydrogen-bond donors (Lipinski definition) is 1. The van der Waals surface area contributed by atoms with Gasteiger partial charge < -0.3 is 0 Å². The molecular weight excluding hydrogens is 412 g/mol. The monoisotopic (exact) mass is 428 g/mol. The molecule has 7 heteroatoms. The lowest BCUT2D eigenvalue weighted by Gasteiger charge is -2.27. The number of anilines is 1. The molecule has 4 rings (SSSR count). The van der Waals surface area contributed by atoms with Gasteiger partial charge in [0.25, 0.3) is 0 Å². The van der Waals surface area contributed by atoms with E-state index in [1.54, 1.807) is 6.20 Å². The predicted octanol–water partition coefficient (Wildman–Crippen LogP) is 4.81. The van der Waals surface area contributed by atoms with E-state index < -0.39 is 5.41 Å². The molecule has 2 heterocycles. The zero-order valence-electron chi connectivity index (χ0n) is 14.0. The van der Waals surface area contributed by atoms with Crippen LogP contribution in [0, 0.1) is 0 Å². The van der Waals surface area contributed by atoms with Crippen molar-refractivity contribution in [2.75, 3.05) is 5.32 Å². The average molecular weight is 429 g/mol. The molecule has 0 aliphatic heterocycles. The third kappa shape index (κ3) is 3.29. The quantitative estimate of drug-likeness (QED) is 0.646. The highest BCUT2D eigenvalue weighted by atomic mass is 79.9. The summed E-state index contributed by atoms with van der Waals surface area (Å²) >= 11 is 4.86. The molecule has 1 saturated carbocycles. The Morgan fingerprint density at radius 1 is 1.12 bits per heavy atom. The van der Waals surface area contributed by atoms with Crippen LogP contribution in [0.4, 0.5) is 5.13 Å². The van der Waals surface area contributed by atoms with Crippen molar-refractivity contribution in [1.29, 1.82) is 0 Å². The maximum Gasteiger partial charge on any atom is 0.236 e. The third-order valence-corrected chi connectivity index (χ3v) is 6.15. The van der Waals surface area contributed by atoms with E-state index in [-0.39, 0.29) is 5.91 Å². The van der Waals surface area contributed by atoms with Crippen LogP contribution in [0.1, 0.15) is 31.2 Å². The number of carbonyl (C=O) groups excluding carboxylic acids is 1. The van der Waals surface area contributed by atoms with Gasteiger partial charge in [0.2, 0.25) is 11.0 Å². The first-order chi connectivity index (χ1) is 12.7. The molecule has 3 aromatic rings. The van der Waals surface area contributed by atoms with Crippen LogP contribution in [0.15, 0.2) is 53.1 Å². The summed E-state index contributed by atoms with van der Waals surface area (Å²) in [5.41, 5.74) is 1.31. The Bertz CT molecular complexity index is 922. The first kappa shape index (κ1) is 17.3. The minimum atomic E-state index is -0.499. The Morgan fingerprint density at radius 2 is 1.96 bits per heavy atom. The van der Waals surface area contributed by atoms with Crippen LogP contribution >= 0.6 is 27.3 Å². The van der Waals surface area contributed by atoms with E-state index >= 15 is 0 Å². The van der Waals surface area contributed by atoms with E-state index in [0.29, 0.717) is 10.1 Å². The van der Waals surface area contributed by atoms with Crippen LogP contribution in [-0.4, -0.2) is 21.1 Å². The highest BCUT2D eigenvalue weighted by Crippen LogP contribution is 2.43. The summed E-state index contributed by atoms with van der Waals surface area (Å²) in [6.45, 7) is 0.